The lowest BCUT2D eigenvalue weighted by Gasteiger charge is -2.38. The molecule has 0 spiro atoms. The Balaban J connectivity index is 3.12. The van der Waals surface area contributed by atoms with Gasteiger partial charge in [0.2, 0.25) is 0 Å². The quantitative estimate of drug-likeness (QED) is 0.770. The minimum Gasteiger partial charge on any atom is -0.385 e. The molecule has 0 amide bonds. The van der Waals surface area contributed by atoms with Crippen LogP contribution in [-0.4, -0.2) is 5.11 Å². The molecule has 0 fully saturated rings. The highest BCUT2D eigenvalue weighted by atomic mass is 16.3. The Morgan fingerprint density at radius 1 is 0.706 bits per heavy atom. The Morgan fingerprint density at radius 2 is 1.06 bits per heavy atom. The van der Waals surface area contributed by atoms with Crippen LogP contribution in [0.25, 0.3) is 0 Å². The van der Waals surface area contributed by atoms with Crippen molar-refractivity contribution in [3.05, 3.63) is 35.4 Å². The van der Waals surface area contributed by atoms with Gasteiger partial charge in [0, 0.05) is 0 Å². The maximum atomic E-state index is 10.6. The van der Waals surface area contributed by atoms with E-state index >= 15 is 0 Å². The average Bonchev–Trinajstić information content (AvgIpc) is 2.15. The van der Waals surface area contributed by atoms with Gasteiger partial charge in [0.15, 0.2) is 0 Å². The first kappa shape index (κ1) is 14.2. The topological polar surface area (TPSA) is 20.2 Å². The van der Waals surface area contributed by atoms with Crippen LogP contribution in [0.2, 0.25) is 0 Å². The lowest BCUT2D eigenvalue weighted by molar-refractivity contribution is -0.0470. The van der Waals surface area contributed by atoms with Gasteiger partial charge in [0.05, 0.1) is 5.60 Å². The molecule has 1 heteroatoms. The van der Waals surface area contributed by atoms with E-state index in [1.54, 1.807) is 0 Å². The minimum absolute atomic E-state index is 0.159. The summed E-state index contributed by atoms with van der Waals surface area (Å²) in [5.74, 6) is 0. The summed E-state index contributed by atoms with van der Waals surface area (Å²) in [5.41, 5.74) is 1.47. The molecule has 0 bridgehead atoms. The molecule has 1 unspecified atom stereocenters. The van der Waals surface area contributed by atoms with Crippen LogP contribution in [0.15, 0.2) is 24.3 Å². The second-order valence-electron chi connectivity index (χ2n) is 7.15. The molecule has 1 rings (SSSR count). The number of aliphatic hydroxyl groups is 1. The second-order valence-corrected chi connectivity index (χ2v) is 7.15. The molecule has 0 radical (unpaired) electrons. The fourth-order valence-corrected chi connectivity index (χ4v) is 1.73. The highest BCUT2D eigenvalue weighted by Crippen LogP contribution is 2.39. The van der Waals surface area contributed by atoms with Crippen molar-refractivity contribution in [2.45, 2.75) is 59.5 Å². The number of benzene rings is 1. The van der Waals surface area contributed by atoms with Gasteiger partial charge in [0.1, 0.15) is 0 Å². The van der Waals surface area contributed by atoms with Gasteiger partial charge in [-0.15, -0.1) is 0 Å². The number of rotatable bonds is 1. The van der Waals surface area contributed by atoms with Crippen LogP contribution in [0.3, 0.4) is 0 Å². The van der Waals surface area contributed by atoms with E-state index in [0.29, 0.717) is 0 Å². The van der Waals surface area contributed by atoms with Gasteiger partial charge in [-0.2, -0.15) is 0 Å². The minimum atomic E-state index is -0.802. The fourth-order valence-electron chi connectivity index (χ4n) is 1.73. The molecule has 1 aromatic rings. The lowest BCUT2D eigenvalue weighted by atomic mass is 9.73. The van der Waals surface area contributed by atoms with Crippen molar-refractivity contribution in [3.63, 3.8) is 0 Å². The van der Waals surface area contributed by atoms with Crippen LogP contribution in [0.4, 0.5) is 0 Å². The fraction of sp³-hybridized carbons (Fsp3) is 0.625. The zero-order valence-corrected chi connectivity index (χ0v) is 12.3. The van der Waals surface area contributed by atoms with E-state index in [4.69, 9.17) is 0 Å². The lowest BCUT2D eigenvalue weighted by Crippen LogP contribution is -2.36. The highest BCUT2D eigenvalue weighted by Gasteiger charge is 2.36. The van der Waals surface area contributed by atoms with E-state index < -0.39 is 5.60 Å². The Bertz CT molecular complexity index is 371. The van der Waals surface area contributed by atoms with E-state index in [-0.39, 0.29) is 10.8 Å². The van der Waals surface area contributed by atoms with Crippen LogP contribution in [-0.2, 0) is 11.0 Å². The number of hydrogen-bond acceptors (Lipinski definition) is 1. The van der Waals surface area contributed by atoms with E-state index in [1.165, 1.54) is 5.56 Å². The van der Waals surface area contributed by atoms with Gasteiger partial charge in [-0.1, -0.05) is 65.8 Å². The van der Waals surface area contributed by atoms with E-state index in [0.717, 1.165) is 5.56 Å². The molecule has 17 heavy (non-hydrogen) atoms. The first-order chi connectivity index (χ1) is 7.46. The van der Waals surface area contributed by atoms with Gasteiger partial charge in [0.25, 0.3) is 0 Å². The van der Waals surface area contributed by atoms with Crippen molar-refractivity contribution >= 4 is 0 Å². The van der Waals surface area contributed by atoms with E-state index in [1.807, 2.05) is 19.1 Å². The monoisotopic (exact) mass is 234 g/mol. The van der Waals surface area contributed by atoms with Crippen LogP contribution in [0, 0.1) is 5.41 Å². The third-order valence-electron chi connectivity index (χ3n) is 3.77. The SMILES string of the molecule is CC(C)(C)c1ccc(C(C)(O)C(C)(C)C)cc1. The molecule has 96 valence electrons. The third kappa shape index (κ3) is 2.90. The second kappa shape index (κ2) is 4.13. The van der Waals surface area contributed by atoms with Crippen molar-refractivity contribution in [3.8, 4) is 0 Å². The van der Waals surface area contributed by atoms with Crippen LogP contribution >= 0.6 is 0 Å². The summed E-state index contributed by atoms with van der Waals surface area (Å²) in [6.07, 6.45) is 0. The van der Waals surface area contributed by atoms with Crippen LogP contribution in [0.5, 0.6) is 0 Å². The molecular weight excluding hydrogens is 208 g/mol. The Labute approximate surface area is 106 Å². The van der Waals surface area contributed by atoms with Crippen molar-refractivity contribution < 1.29 is 5.11 Å². The highest BCUT2D eigenvalue weighted by molar-refractivity contribution is 5.31. The van der Waals surface area contributed by atoms with Crippen molar-refractivity contribution in [2.75, 3.05) is 0 Å². The molecule has 1 N–H and O–H groups in total. The van der Waals surface area contributed by atoms with Gasteiger partial charge in [-0.05, 0) is 28.9 Å². The maximum absolute atomic E-state index is 10.6. The van der Waals surface area contributed by atoms with Gasteiger partial charge in [-0.3, -0.25) is 0 Å². The summed E-state index contributed by atoms with van der Waals surface area (Å²) in [6.45, 7) is 14.7. The predicted molar refractivity (Wildman–Crippen MR) is 74.2 cm³/mol. The van der Waals surface area contributed by atoms with E-state index in [9.17, 15) is 5.11 Å². The van der Waals surface area contributed by atoms with Crippen molar-refractivity contribution in [1.29, 1.82) is 0 Å². The summed E-state index contributed by atoms with van der Waals surface area (Å²) < 4.78 is 0. The standard InChI is InChI=1S/C16H26O/c1-14(2,3)12-8-10-13(11-9-12)16(7,17)15(4,5)6/h8-11,17H,1-7H3. The molecule has 0 aliphatic carbocycles. The van der Waals surface area contributed by atoms with Crippen molar-refractivity contribution in [1.82, 2.24) is 0 Å². The maximum Gasteiger partial charge on any atom is 0.0916 e. The molecule has 1 aromatic carbocycles. The van der Waals surface area contributed by atoms with Crippen LogP contribution in [0.1, 0.15) is 59.6 Å². The smallest absolute Gasteiger partial charge is 0.0916 e. The summed E-state index contributed by atoms with van der Waals surface area (Å²) in [7, 11) is 0. The molecule has 0 aromatic heterocycles. The molecule has 0 saturated heterocycles. The number of hydrogen-bond donors (Lipinski definition) is 1. The largest absolute Gasteiger partial charge is 0.385 e. The molecule has 0 aliphatic heterocycles. The first-order valence-electron chi connectivity index (χ1n) is 6.29. The van der Waals surface area contributed by atoms with Crippen molar-refractivity contribution in [2.24, 2.45) is 5.41 Å². The van der Waals surface area contributed by atoms with Gasteiger partial charge < -0.3 is 5.11 Å². The summed E-state index contributed by atoms with van der Waals surface area (Å²) in [4.78, 5) is 0. The van der Waals surface area contributed by atoms with Gasteiger partial charge >= 0.3 is 0 Å². The van der Waals surface area contributed by atoms with Crippen LogP contribution < -0.4 is 0 Å². The summed E-state index contributed by atoms with van der Waals surface area (Å²) in [5, 5.41) is 10.6. The Morgan fingerprint density at radius 3 is 1.35 bits per heavy atom. The summed E-state index contributed by atoms with van der Waals surface area (Å²) >= 11 is 0. The zero-order valence-electron chi connectivity index (χ0n) is 12.3. The third-order valence-corrected chi connectivity index (χ3v) is 3.77. The Kier molecular flexibility index (Phi) is 3.46. The first-order valence-corrected chi connectivity index (χ1v) is 6.29. The predicted octanol–water partition coefficient (Wildman–Crippen LogP) is 4.24. The molecule has 0 aliphatic rings. The molecule has 1 nitrogen and oxygen atoms in total. The average molecular weight is 234 g/mol. The molecule has 0 saturated carbocycles. The van der Waals surface area contributed by atoms with Gasteiger partial charge in [-0.25, -0.2) is 0 Å². The summed E-state index contributed by atoms with van der Waals surface area (Å²) in [6, 6.07) is 8.34. The molecular formula is C16H26O. The zero-order chi connectivity index (χ0) is 13.5. The molecule has 1 atom stereocenters. The molecule has 0 heterocycles. The normalized spacial score (nSPS) is 16.7. The Hall–Kier alpha value is -0.820. The van der Waals surface area contributed by atoms with E-state index in [2.05, 4.69) is 53.7 Å².